The molecule has 0 saturated carbocycles. The smallest absolute Gasteiger partial charge is 0.134 e. The number of halogens is 1. The molecule has 0 aliphatic heterocycles. The summed E-state index contributed by atoms with van der Waals surface area (Å²) in [7, 11) is 0. The minimum Gasteiger partial charge on any atom is -0.464 e. The number of benzene rings is 1. The van der Waals surface area contributed by atoms with Crippen molar-refractivity contribution in [3.8, 4) is 11.3 Å². The lowest BCUT2D eigenvalue weighted by atomic mass is 10.1. The van der Waals surface area contributed by atoms with Gasteiger partial charge >= 0.3 is 0 Å². The van der Waals surface area contributed by atoms with Gasteiger partial charge in [-0.3, -0.25) is 0 Å². The highest BCUT2D eigenvalue weighted by Crippen LogP contribution is 2.23. The minimum atomic E-state index is 0.514. The maximum Gasteiger partial charge on any atom is 0.134 e. The lowest BCUT2D eigenvalue weighted by Gasteiger charge is -1.95. The quantitative estimate of drug-likeness (QED) is 0.891. The number of nitrogens with two attached hydrogens (primary N) is 1. The van der Waals surface area contributed by atoms with Crippen molar-refractivity contribution in [3.63, 3.8) is 0 Å². The Morgan fingerprint density at radius 3 is 2.50 bits per heavy atom. The SMILES string of the molecule is NCc1coc(-c2ccc(Br)cc2)c1. The lowest BCUT2D eigenvalue weighted by Crippen LogP contribution is -1.92. The molecule has 1 aromatic carbocycles. The van der Waals surface area contributed by atoms with Crippen molar-refractivity contribution in [2.45, 2.75) is 6.54 Å². The molecule has 0 spiro atoms. The van der Waals surface area contributed by atoms with E-state index in [2.05, 4.69) is 15.9 Å². The van der Waals surface area contributed by atoms with Crippen molar-refractivity contribution in [3.05, 3.63) is 46.6 Å². The largest absolute Gasteiger partial charge is 0.464 e. The molecule has 1 aromatic heterocycles. The number of hydrogen-bond acceptors (Lipinski definition) is 2. The molecule has 3 heteroatoms. The standard InChI is InChI=1S/C11H10BrNO/c12-10-3-1-9(2-4-10)11-5-8(6-13)7-14-11/h1-5,7H,6,13H2. The second kappa shape index (κ2) is 3.98. The zero-order chi connectivity index (χ0) is 9.97. The van der Waals surface area contributed by atoms with Gasteiger partial charge in [-0.1, -0.05) is 28.1 Å². The van der Waals surface area contributed by atoms with Crippen LogP contribution in [0.2, 0.25) is 0 Å². The van der Waals surface area contributed by atoms with E-state index in [0.29, 0.717) is 6.54 Å². The fourth-order valence-corrected chi connectivity index (χ4v) is 1.51. The third-order valence-corrected chi connectivity index (χ3v) is 2.55. The molecule has 2 rings (SSSR count). The Labute approximate surface area is 90.9 Å². The van der Waals surface area contributed by atoms with Crippen molar-refractivity contribution >= 4 is 15.9 Å². The van der Waals surface area contributed by atoms with Gasteiger partial charge < -0.3 is 10.2 Å². The molecule has 0 aliphatic carbocycles. The Hall–Kier alpha value is -1.06. The summed E-state index contributed by atoms with van der Waals surface area (Å²) in [5.74, 6) is 0.859. The molecule has 2 N–H and O–H groups in total. The van der Waals surface area contributed by atoms with Crippen LogP contribution in [-0.4, -0.2) is 0 Å². The highest BCUT2D eigenvalue weighted by molar-refractivity contribution is 9.10. The summed E-state index contributed by atoms with van der Waals surface area (Å²) in [5, 5.41) is 0. The summed E-state index contributed by atoms with van der Waals surface area (Å²) in [6.07, 6.45) is 1.69. The first-order valence-corrected chi connectivity index (χ1v) is 5.12. The highest BCUT2D eigenvalue weighted by atomic mass is 79.9. The molecule has 0 saturated heterocycles. The molecular weight excluding hydrogens is 242 g/mol. The Balaban J connectivity index is 2.34. The predicted octanol–water partition coefficient (Wildman–Crippen LogP) is 3.17. The van der Waals surface area contributed by atoms with Crippen LogP contribution in [0.3, 0.4) is 0 Å². The van der Waals surface area contributed by atoms with Crippen LogP contribution < -0.4 is 5.73 Å². The molecule has 0 radical (unpaired) electrons. The first-order chi connectivity index (χ1) is 6.79. The van der Waals surface area contributed by atoms with Crippen LogP contribution in [0, 0.1) is 0 Å². The Kier molecular flexibility index (Phi) is 2.70. The third kappa shape index (κ3) is 1.89. The van der Waals surface area contributed by atoms with Crippen molar-refractivity contribution < 1.29 is 4.42 Å². The zero-order valence-corrected chi connectivity index (χ0v) is 9.12. The molecule has 72 valence electrons. The maximum atomic E-state index is 5.50. The Morgan fingerprint density at radius 1 is 1.21 bits per heavy atom. The summed E-state index contributed by atoms with van der Waals surface area (Å²) in [5.41, 5.74) is 7.58. The molecular formula is C11H10BrNO. The first-order valence-electron chi connectivity index (χ1n) is 4.33. The average Bonchev–Trinajstić information content (AvgIpc) is 2.67. The van der Waals surface area contributed by atoms with E-state index in [4.69, 9.17) is 10.2 Å². The predicted molar refractivity (Wildman–Crippen MR) is 59.7 cm³/mol. The topological polar surface area (TPSA) is 39.2 Å². The molecule has 0 fully saturated rings. The highest BCUT2D eigenvalue weighted by Gasteiger charge is 2.02. The molecule has 0 aliphatic rings. The number of furan rings is 1. The van der Waals surface area contributed by atoms with Gasteiger partial charge in [0.25, 0.3) is 0 Å². The fraction of sp³-hybridized carbons (Fsp3) is 0.0909. The van der Waals surface area contributed by atoms with Crippen LogP contribution in [0.25, 0.3) is 11.3 Å². The lowest BCUT2D eigenvalue weighted by molar-refractivity contribution is 0.578. The van der Waals surface area contributed by atoms with Gasteiger partial charge in [-0.05, 0) is 18.2 Å². The third-order valence-electron chi connectivity index (χ3n) is 2.02. The van der Waals surface area contributed by atoms with E-state index >= 15 is 0 Å². The minimum absolute atomic E-state index is 0.514. The molecule has 14 heavy (non-hydrogen) atoms. The summed E-state index contributed by atoms with van der Waals surface area (Å²) >= 11 is 3.39. The van der Waals surface area contributed by atoms with Crippen LogP contribution in [0.4, 0.5) is 0 Å². The Morgan fingerprint density at radius 2 is 1.93 bits per heavy atom. The van der Waals surface area contributed by atoms with Gasteiger partial charge in [0.15, 0.2) is 0 Å². The molecule has 2 aromatic rings. The number of hydrogen-bond donors (Lipinski definition) is 1. The van der Waals surface area contributed by atoms with E-state index in [1.807, 2.05) is 30.3 Å². The van der Waals surface area contributed by atoms with E-state index in [-0.39, 0.29) is 0 Å². The summed E-state index contributed by atoms with van der Waals surface area (Å²) in [6, 6.07) is 9.94. The second-order valence-electron chi connectivity index (χ2n) is 3.03. The molecule has 0 atom stereocenters. The number of rotatable bonds is 2. The Bertz CT molecular complexity index is 419. The second-order valence-corrected chi connectivity index (χ2v) is 3.95. The van der Waals surface area contributed by atoms with E-state index < -0.39 is 0 Å². The van der Waals surface area contributed by atoms with Crippen LogP contribution in [-0.2, 0) is 6.54 Å². The normalized spacial score (nSPS) is 10.4. The molecule has 1 heterocycles. The van der Waals surface area contributed by atoms with E-state index in [1.54, 1.807) is 6.26 Å². The van der Waals surface area contributed by atoms with Crippen LogP contribution >= 0.6 is 15.9 Å². The summed E-state index contributed by atoms with van der Waals surface area (Å²) < 4.78 is 6.45. The van der Waals surface area contributed by atoms with Gasteiger partial charge in [0, 0.05) is 22.1 Å². The van der Waals surface area contributed by atoms with Crippen molar-refractivity contribution in [1.82, 2.24) is 0 Å². The van der Waals surface area contributed by atoms with Crippen LogP contribution in [0.15, 0.2) is 45.5 Å². The fourth-order valence-electron chi connectivity index (χ4n) is 1.25. The van der Waals surface area contributed by atoms with Gasteiger partial charge in [0.05, 0.1) is 6.26 Å². The van der Waals surface area contributed by atoms with E-state index in [1.165, 1.54) is 0 Å². The summed E-state index contributed by atoms with van der Waals surface area (Å²) in [4.78, 5) is 0. The molecule has 0 amide bonds. The summed E-state index contributed by atoms with van der Waals surface area (Å²) in [6.45, 7) is 0.514. The van der Waals surface area contributed by atoms with Crippen molar-refractivity contribution in [1.29, 1.82) is 0 Å². The molecule has 2 nitrogen and oxygen atoms in total. The van der Waals surface area contributed by atoms with Crippen LogP contribution in [0.5, 0.6) is 0 Å². The first kappa shape index (κ1) is 9.49. The van der Waals surface area contributed by atoms with E-state index in [9.17, 15) is 0 Å². The zero-order valence-electron chi connectivity index (χ0n) is 7.53. The molecule has 0 unspecified atom stereocenters. The van der Waals surface area contributed by atoms with Gasteiger partial charge in [-0.15, -0.1) is 0 Å². The van der Waals surface area contributed by atoms with Crippen molar-refractivity contribution in [2.75, 3.05) is 0 Å². The van der Waals surface area contributed by atoms with Crippen LogP contribution in [0.1, 0.15) is 5.56 Å². The van der Waals surface area contributed by atoms with Crippen molar-refractivity contribution in [2.24, 2.45) is 5.73 Å². The van der Waals surface area contributed by atoms with Gasteiger partial charge in [-0.25, -0.2) is 0 Å². The van der Waals surface area contributed by atoms with E-state index in [0.717, 1.165) is 21.4 Å². The maximum absolute atomic E-state index is 5.50. The average molecular weight is 252 g/mol. The van der Waals surface area contributed by atoms with Gasteiger partial charge in [0.2, 0.25) is 0 Å². The monoisotopic (exact) mass is 251 g/mol. The van der Waals surface area contributed by atoms with Gasteiger partial charge in [-0.2, -0.15) is 0 Å². The molecule has 0 bridgehead atoms. The van der Waals surface area contributed by atoms with Gasteiger partial charge in [0.1, 0.15) is 5.76 Å².